The summed E-state index contributed by atoms with van der Waals surface area (Å²) in [6.07, 6.45) is 1.17. The Morgan fingerprint density at radius 1 is 1.29 bits per heavy atom. The maximum absolute atomic E-state index is 3.35. The van der Waals surface area contributed by atoms with Gasteiger partial charge in [0.1, 0.15) is 13.1 Å². The van der Waals surface area contributed by atoms with Crippen molar-refractivity contribution in [3.05, 3.63) is 0 Å². The van der Waals surface area contributed by atoms with E-state index in [-0.39, 0.29) is 0 Å². The molecule has 1 saturated heterocycles. The van der Waals surface area contributed by atoms with Crippen molar-refractivity contribution in [1.29, 1.82) is 0 Å². The molecule has 0 aromatic heterocycles. The van der Waals surface area contributed by atoms with Crippen LogP contribution in [0.3, 0.4) is 0 Å². The highest BCUT2D eigenvalue weighted by molar-refractivity contribution is 4.70. The average molecular weight is 202 g/mol. The molecule has 1 aliphatic rings. The Bertz CT molecular complexity index is 169. The molecule has 1 aliphatic heterocycles. The topological polar surface area (TPSA) is 39.3 Å². The third-order valence-electron chi connectivity index (χ3n) is 3.30. The van der Waals surface area contributed by atoms with Crippen LogP contribution < -0.4 is 16.3 Å². The van der Waals surface area contributed by atoms with Gasteiger partial charge in [0, 0.05) is 14.1 Å². The normalized spacial score (nSPS) is 27.9. The number of hydrogen-bond donors (Lipinski definition) is 3. The van der Waals surface area contributed by atoms with Crippen LogP contribution in [0.25, 0.3) is 0 Å². The molecule has 5 heteroatoms. The molecule has 1 unspecified atom stereocenters. The zero-order chi connectivity index (χ0) is 10.6. The molecule has 3 N–H and O–H groups in total. The predicted octanol–water partition coefficient (Wildman–Crippen LogP) is -0.699. The maximum atomic E-state index is 3.35. The average Bonchev–Trinajstić information content (AvgIpc) is 2.28. The number of rotatable bonds is 4. The number of nitrogens with zero attached hydrogens (tertiary/aromatic N) is 2. The molecule has 1 fully saturated rings. The summed E-state index contributed by atoms with van der Waals surface area (Å²) in [5.74, 6) is 0. The standard InChI is InChI=1S/C9H24N5/c1-5-9-8-14(11-3,12-4)7-6-13(9)10-2/h9-12H,5-8H2,1-4H3/q+1. The van der Waals surface area contributed by atoms with Gasteiger partial charge in [-0.1, -0.05) is 6.92 Å². The summed E-state index contributed by atoms with van der Waals surface area (Å²) in [5, 5.41) is 2.32. The van der Waals surface area contributed by atoms with Gasteiger partial charge in [0.2, 0.25) is 0 Å². The highest BCUT2D eigenvalue weighted by atomic mass is 15.9. The van der Waals surface area contributed by atoms with Crippen LogP contribution in [-0.2, 0) is 0 Å². The van der Waals surface area contributed by atoms with Crippen LogP contribution in [0, 0.1) is 0 Å². The molecule has 5 nitrogen and oxygen atoms in total. The third-order valence-corrected chi connectivity index (χ3v) is 3.30. The van der Waals surface area contributed by atoms with E-state index in [4.69, 9.17) is 0 Å². The highest BCUT2D eigenvalue weighted by Gasteiger charge is 2.37. The summed E-state index contributed by atoms with van der Waals surface area (Å²) in [6, 6.07) is 0.591. The van der Waals surface area contributed by atoms with E-state index in [1.54, 1.807) is 0 Å². The quantitative estimate of drug-likeness (QED) is 0.527. The first-order valence-electron chi connectivity index (χ1n) is 5.40. The van der Waals surface area contributed by atoms with Crippen LogP contribution in [0.1, 0.15) is 13.3 Å². The van der Waals surface area contributed by atoms with Crippen LogP contribution in [0.2, 0.25) is 0 Å². The van der Waals surface area contributed by atoms with Gasteiger partial charge >= 0.3 is 0 Å². The van der Waals surface area contributed by atoms with Crippen molar-refractivity contribution < 1.29 is 4.70 Å². The van der Waals surface area contributed by atoms with Gasteiger partial charge < -0.3 is 0 Å². The maximum Gasteiger partial charge on any atom is 0.132 e. The molecule has 0 amide bonds. The van der Waals surface area contributed by atoms with Crippen molar-refractivity contribution in [2.75, 3.05) is 40.8 Å². The predicted molar refractivity (Wildman–Crippen MR) is 58.0 cm³/mol. The molecule has 0 bridgehead atoms. The van der Waals surface area contributed by atoms with Crippen LogP contribution in [0.15, 0.2) is 0 Å². The van der Waals surface area contributed by atoms with Gasteiger partial charge in [-0.05, 0) is 13.5 Å². The summed E-state index contributed by atoms with van der Waals surface area (Å²) in [4.78, 5) is 0. The monoisotopic (exact) mass is 202 g/mol. The van der Waals surface area contributed by atoms with Crippen LogP contribution in [-0.4, -0.2) is 56.5 Å². The molecule has 0 radical (unpaired) electrons. The SMILES string of the molecule is CCC1C[N+](NC)(NC)CCN1NC. The van der Waals surface area contributed by atoms with E-state index in [2.05, 4.69) is 28.2 Å². The number of quaternary nitrogens is 1. The first-order valence-corrected chi connectivity index (χ1v) is 5.40. The van der Waals surface area contributed by atoms with E-state index < -0.39 is 0 Å². The molecule has 0 spiro atoms. The van der Waals surface area contributed by atoms with Gasteiger partial charge in [-0.3, -0.25) is 5.43 Å². The van der Waals surface area contributed by atoms with E-state index in [1.165, 1.54) is 6.42 Å². The molecule has 0 aromatic carbocycles. The molecular weight excluding hydrogens is 178 g/mol. The fraction of sp³-hybridized carbons (Fsp3) is 1.00. The van der Waals surface area contributed by atoms with Crippen molar-refractivity contribution in [2.45, 2.75) is 19.4 Å². The molecule has 14 heavy (non-hydrogen) atoms. The lowest BCUT2D eigenvalue weighted by atomic mass is 10.1. The molecular formula is C9H24N5+. The second kappa shape index (κ2) is 5.04. The fourth-order valence-corrected chi connectivity index (χ4v) is 2.17. The summed E-state index contributed by atoms with van der Waals surface area (Å²) in [6.45, 7) is 5.46. The lowest BCUT2D eigenvalue weighted by Crippen LogP contribution is -2.74. The smallest absolute Gasteiger partial charge is 0.132 e. The Labute approximate surface area is 86.9 Å². The van der Waals surface area contributed by atoms with Crippen molar-refractivity contribution >= 4 is 0 Å². The van der Waals surface area contributed by atoms with E-state index in [1.807, 2.05) is 21.1 Å². The lowest BCUT2D eigenvalue weighted by molar-refractivity contribution is -1.01. The molecule has 1 atom stereocenters. The van der Waals surface area contributed by atoms with Crippen molar-refractivity contribution in [2.24, 2.45) is 0 Å². The van der Waals surface area contributed by atoms with E-state index in [0.29, 0.717) is 6.04 Å². The first kappa shape index (κ1) is 11.9. The van der Waals surface area contributed by atoms with Gasteiger partial charge in [0.25, 0.3) is 0 Å². The number of hydrazine groups is 1. The minimum atomic E-state index is 0.591. The largest absolute Gasteiger partial charge is 0.258 e. The summed E-state index contributed by atoms with van der Waals surface area (Å²) >= 11 is 0. The zero-order valence-corrected chi connectivity index (χ0v) is 9.80. The lowest BCUT2D eigenvalue weighted by Gasteiger charge is -2.45. The van der Waals surface area contributed by atoms with Crippen molar-refractivity contribution in [3.63, 3.8) is 0 Å². The minimum Gasteiger partial charge on any atom is -0.258 e. The Kier molecular flexibility index (Phi) is 4.28. The van der Waals surface area contributed by atoms with Crippen LogP contribution in [0.4, 0.5) is 0 Å². The van der Waals surface area contributed by atoms with Crippen molar-refractivity contribution in [3.8, 4) is 0 Å². The molecule has 1 heterocycles. The highest BCUT2D eigenvalue weighted by Crippen LogP contribution is 2.13. The van der Waals surface area contributed by atoms with E-state index in [9.17, 15) is 0 Å². The first-order chi connectivity index (χ1) is 6.71. The van der Waals surface area contributed by atoms with Crippen LogP contribution in [0.5, 0.6) is 0 Å². The van der Waals surface area contributed by atoms with Crippen molar-refractivity contribution in [1.82, 2.24) is 21.3 Å². The second-order valence-electron chi connectivity index (χ2n) is 3.80. The van der Waals surface area contributed by atoms with Gasteiger partial charge in [-0.25, -0.2) is 5.01 Å². The van der Waals surface area contributed by atoms with Gasteiger partial charge in [0.05, 0.1) is 12.6 Å². The number of nitrogens with one attached hydrogen (secondary N) is 3. The third kappa shape index (κ3) is 2.24. The van der Waals surface area contributed by atoms with Crippen LogP contribution >= 0.6 is 0 Å². The van der Waals surface area contributed by atoms with Gasteiger partial charge in [0.15, 0.2) is 0 Å². The Morgan fingerprint density at radius 2 is 1.93 bits per heavy atom. The number of piperazine rings is 1. The Balaban J connectivity index is 2.63. The second-order valence-corrected chi connectivity index (χ2v) is 3.80. The minimum absolute atomic E-state index is 0.591. The number of hydrogen-bond acceptors (Lipinski definition) is 4. The van der Waals surface area contributed by atoms with Gasteiger partial charge in [-0.15, -0.1) is 0 Å². The summed E-state index contributed by atoms with van der Waals surface area (Å²) in [5.41, 5.74) is 9.95. The fourth-order valence-electron chi connectivity index (χ4n) is 2.17. The van der Waals surface area contributed by atoms with E-state index >= 15 is 0 Å². The molecule has 1 rings (SSSR count). The van der Waals surface area contributed by atoms with Gasteiger partial charge in [-0.2, -0.15) is 15.6 Å². The summed E-state index contributed by atoms with van der Waals surface area (Å²) < 4.78 is 0.802. The molecule has 0 saturated carbocycles. The summed E-state index contributed by atoms with van der Waals surface area (Å²) in [7, 11) is 6.03. The molecule has 84 valence electrons. The Hall–Kier alpha value is -0.200. The van der Waals surface area contributed by atoms with E-state index in [0.717, 1.165) is 24.3 Å². The zero-order valence-electron chi connectivity index (χ0n) is 9.80. The molecule has 0 aliphatic carbocycles. The Morgan fingerprint density at radius 3 is 2.36 bits per heavy atom. The molecule has 0 aromatic rings.